The molecular weight excluding hydrogens is 462 g/mol. The van der Waals surface area contributed by atoms with Crippen LogP contribution in [0.25, 0.3) is 11.2 Å². The summed E-state index contributed by atoms with van der Waals surface area (Å²) in [4.78, 5) is 48.8. The number of aromatic nitrogens is 4. The van der Waals surface area contributed by atoms with Crippen molar-refractivity contribution in [2.24, 2.45) is 0 Å². The molecule has 0 spiro atoms. The van der Waals surface area contributed by atoms with Crippen LogP contribution in [-0.4, -0.2) is 45.1 Å². The lowest BCUT2D eigenvalue weighted by Gasteiger charge is -2.10. The third kappa shape index (κ3) is 7.40. The Morgan fingerprint density at radius 2 is 1.83 bits per heavy atom. The van der Waals surface area contributed by atoms with Crippen molar-refractivity contribution >= 4 is 28.9 Å². The second kappa shape index (κ2) is 13.4. The van der Waals surface area contributed by atoms with Gasteiger partial charge in [0.2, 0.25) is 5.91 Å². The summed E-state index contributed by atoms with van der Waals surface area (Å²) in [5.74, 6) is -0.287. The number of benzene rings is 1. The predicted molar refractivity (Wildman–Crippen MR) is 137 cm³/mol. The van der Waals surface area contributed by atoms with Crippen LogP contribution in [0.5, 0.6) is 6.01 Å². The average molecular weight is 498 g/mol. The minimum Gasteiger partial charge on any atom is -0.469 e. The lowest BCUT2D eigenvalue weighted by atomic mass is 10.1. The Morgan fingerprint density at radius 1 is 1.06 bits per heavy atom. The molecule has 0 saturated heterocycles. The first-order valence-corrected chi connectivity index (χ1v) is 12.5. The van der Waals surface area contributed by atoms with Gasteiger partial charge in [0, 0.05) is 6.42 Å². The van der Waals surface area contributed by atoms with E-state index in [1.54, 1.807) is 0 Å². The van der Waals surface area contributed by atoms with E-state index in [-0.39, 0.29) is 42.4 Å². The lowest BCUT2D eigenvalue weighted by Crippen LogP contribution is -2.18. The van der Waals surface area contributed by atoms with Crippen molar-refractivity contribution in [2.75, 3.05) is 19.0 Å². The molecule has 10 nitrogen and oxygen atoms in total. The summed E-state index contributed by atoms with van der Waals surface area (Å²) in [6.45, 7) is 4.81. The number of hydrogen-bond acceptors (Lipinski definition) is 7. The third-order valence-corrected chi connectivity index (χ3v) is 5.75. The first-order chi connectivity index (χ1) is 17.4. The maximum absolute atomic E-state index is 12.9. The zero-order chi connectivity index (χ0) is 25.9. The first-order valence-electron chi connectivity index (χ1n) is 12.5. The summed E-state index contributed by atoms with van der Waals surface area (Å²) in [7, 11) is 1.35. The molecule has 36 heavy (non-hydrogen) atoms. The maximum atomic E-state index is 12.9. The van der Waals surface area contributed by atoms with E-state index in [0.29, 0.717) is 24.2 Å². The molecule has 1 amide bonds. The van der Waals surface area contributed by atoms with Gasteiger partial charge < -0.3 is 19.8 Å². The topological polar surface area (TPSA) is 128 Å². The average Bonchev–Trinajstić information content (AvgIpc) is 3.17. The number of hydrogen-bond donors (Lipinski definition) is 2. The third-order valence-electron chi connectivity index (χ3n) is 5.75. The lowest BCUT2D eigenvalue weighted by molar-refractivity contribution is -0.139. The smallest absolute Gasteiger partial charge is 0.328 e. The molecule has 0 radical (unpaired) electrons. The van der Waals surface area contributed by atoms with Crippen molar-refractivity contribution in [3.63, 3.8) is 0 Å². The number of fused-ring (bicyclic) bond motifs is 1. The molecule has 2 heterocycles. The molecule has 0 bridgehead atoms. The molecule has 3 aromatic rings. The predicted octanol–water partition coefficient (Wildman–Crippen LogP) is 3.97. The van der Waals surface area contributed by atoms with Crippen molar-refractivity contribution in [1.82, 2.24) is 19.5 Å². The van der Waals surface area contributed by atoms with Crippen LogP contribution in [0.3, 0.4) is 0 Å². The minimum absolute atomic E-state index is 0.101. The van der Waals surface area contributed by atoms with Gasteiger partial charge in [-0.15, -0.1) is 0 Å². The van der Waals surface area contributed by atoms with Gasteiger partial charge in [0.25, 0.3) is 0 Å². The number of H-pyrrole nitrogens is 1. The highest BCUT2D eigenvalue weighted by Gasteiger charge is 2.18. The second-order valence-electron chi connectivity index (χ2n) is 8.70. The molecule has 2 N–H and O–H groups in total. The van der Waals surface area contributed by atoms with Crippen LogP contribution < -0.4 is 15.7 Å². The van der Waals surface area contributed by atoms with E-state index in [9.17, 15) is 14.4 Å². The van der Waals surface area contributed by atoms with Crippen LogP contribution in [0.15, 0.2) is 29.1 Å². The molecule has 0 saturated carbocycles. The van der Waals surface area contributed by atoms with Gasteiger partial charge in [-0.1, -0.05) is 63.8 Å². The Hall–Kier alpha value is -3.69. The number of ether oxygens (including phenoxy) is 2. The Morgan fingerprint density at radius 3 is 2.58 bits per heavy atom. The quantitative estimate of drug-likeness (QED) is 0.255. The minimum atomic E-state index is -0.387. The fraction of sp³-hybridized carbons (Fsp3) is 0.500. The van der Waals surface area contributed by atoms with Gasteiger partial charge in [-0.05, 0) is 24.0 Å². The molecule has 0 aliphatic carbocycles. The number of amides is 1. The fourth-order valence-corrected chi connectivity index (χ4v) is 3.79. The van der Waals surface area contributed by atoms with Gasteiger partial charge in [-0.2, -0.15) is 9.97 Å². The zero-order valence-electron chi connectivity index (χ0n) is 21.3. The maximum Gasteiger partial charge on any atom is 0.328 e. The van der Waals surface area contributed by atoms with Crippen LogP contribution in [0.2, 0.25) is 0 Å². The Labute approximate surface area is 210 Å². The molecule has 0 aliphatic heterocycles. The Balaban J connectivity index is 1.91. The second-order valence-corrected chi connectivity index (χ2v) is 8.70. The molecular formula is C26H35N5O5. The van der Waals surface area contributed by atoms with Gasteiger partial charge in [-0.25, -0.2) is 4.79 Å². The van der Waals surface area contributed by atoms with Crippen LogP contribution in [-0.2, 0) is 27.3 Å². The summed E-state index contributed by atoms with van der Waals surface area (Å²) in [5.41, 5.74) is 1.88. The number of rotatable bonds is 14. The number of unbranched alkanes of at least 4 members (excludes halogenated alkanes) is 4. The Kier molecular flexibility index (Phi) is 10.0. The van der Waals surface area contributed by atoms with Crippen LogP contribution in [0.1, 0.15) is 69.9 Å². The number of carbonyl (C=O) groups is 2. The highest BCUT2D eigenvalue weighted by atomic mass is 16.5. The number of nitrogens with zero attached hydrogens (tertiary/aromatic N) is 3. The van der Waals surface area contributed by atoms with E-state index < -0.39 is 0 Å². The van der Waals surface area contributed by atoms with E-state index in [2.05, 4.69) is 34.1 Å². The van der Waals surface area contributed by atoms with E-state index in [1.807, 2.05) is 24.3 Å². The van der Waals surface area contributed by atoms with Crippen molar-refractivity contribution < 1.29 is 19.1 Å². The number of carbonyl (C=O) groups excluding carboxylic acids is 2. The van der Waals surface area contributed by atoms with E-state index >= 15 is 0 Å². The fourth-order valence-electron chi connectivity index (χ4n) is 3.79. The summed E-state index contributed by atoms with van der Waals surface area (Å²) in [6, 6.07) is 7.47. The van der Waals surface area contributed by atoms with Gasteiger partial charge in [0.05, 0.1) is 26.7 Å². The highest BCUT2D eigenvalue weighted by molar-refractivity contribution is 5.97. The van der Waals surface area contributed by atoms with Crippen molar-refractivity contribution in [3.8, 4) is 6.01 Å². The summed E-state index contributed by atoms with van der Waals surface area (Å²) in [6.07, 6.45) is 6.22. The molecule has 3 rings (SSSR count). The molecule has 10 heteroatoms. The van der Waals surface area contributed by atoms with Crippen LogP contribution in [0, 0.1) is 0 Å². The largest absolute Gasteiger partial charge is 0.469 e. The van der Waals surface area contributed by atoms with Crippen LogP contribution in [0.4, 0.5) is 5.82 Å². The number of esters is 1. The normalized spacial score (nSPS) is 11.0. The standard InChI is InChI=1S/C26H35N5O5/c1-4-6-8-9-13-20(32)27-23-22-24(30-25(29-23)36-14-7-5-2)31(26(34)28-22)17-19-12-10-11-18(15-19)16-21(33)35-3/h10-12,15H,4-9,13-14,16-17H2,1-3H3,(H,28,34)(H,27,29,30,32). The molecule has 194 valence electrons. The number of aromatic amines is 1. The van der Waals surface area contributed by atoms with Gasteiger partial charge >= 0.3 is 17.7 Å². The molecule has 0 fully saturated rings. The first kappa shape index (κ1) is 26.9. The molecule has 1 aromatic carbocycles. The van der Waals surface area contributed by atoms with E-state index in [1.165, 1.54) is 11.7 Å². The number of anilines is 1. The van der Waals surface area contributed by atoms with E-state index in [4.69, 9.17) is 9.47 Å². The van der Waals surface area contributed by atoms with Gasteiger partial charge in [0.15, 0.2) is 11.5 Å². The number of nitrogens with one attached hydrogen (secondary N) is 2. The molecule has 2 aromatic heterocycles. The van der Waals surface area contributed by atoms with Gasteiger partial charge in [0.1, 0.15) is 5.52 Å². The van der Waals surface area contributed by atoms with Gasteiger partial charge in [-0.3, -0.25) is 14.2 Å². The molecule has 0 aliphatic rings. The molecule has 0 unspecified atom stereocenters. The summed E-state index contributed by atoms with van der Waals surface area (Å²) >= 11 is 0. The monoisotopic (exact) mass is 497 g/mol. The molecule has 0 atom stereocenters. The van der Waals surface area contributed by atoms with Crippen molar-refractivity contribution in [1.29, 1.82) is 0 Å². The van der Waals surface area contributed by atoms with E-state index in [0.717, 1.165) is 49.7 Å². The van der Waals surface area contributed by atoms with Crippen molar-refractivity contribution in [3.05, 3.63) is 45.9 Å². The SMILES string of the molecule is CCCCCCC(=O)Nc1nc(OCCCC)nc2c1[nH]c(=O)n2Cc1cccc(CC(=O)OC)c1. The Bertz CT molecular complexity index is 1230. The summed E-state index contributed by atoms with van der Waals surface area (Å²) in [5, 5.41) is 2.83. The van der Waals surface area contributed by atoms with Crippen molar-refractivity contribution in [2.45, 2.75) is 71.8 Å². The van der Waals surface area contributed by atoms with Crippen LogP contribution >= 0.6 is 0 Å². The summed E-state index contributed by atoms with van der Waals surface area (Å²) < 4.78 is 11.9. The number of methoxy groups -OCH3 is 1. The highest BCUT2D eigenvalue weighted by Crippen LogP contribution is 2.22. The zero-order valence-corrected chi connectivity index (χ0v) is 21.3. The number of imidazole rings is 1.